The normalized spacial score (nSPS) is 65.3. The number of hydrogen-bond acceptors (Lipinski definition) is 1. The molecule has 2 atom stereocenters. The largest absolute Gasteiger partial charge is 0.366 e. The van der Waals surface area contributed by atoms with Gasteiger partial charge >= 0.3 is 0 Å². The minimum absolute atomic E-state index is 1.02. The third-order valence-electron chi connectivity index (χ3n) is 2.08. The van der Waals surface area contributed by atoms with E-state index in [0.29, 0.717) is 0 Å². The molecule has 0 aromatic carbocycles. The van der Waals surface area contributed by atoms with Gasteiger partial charge in [0, 0.05) is 5.92 Å². The van der Waals surface area contributed by atoms with Crippen LogP contribution in [0, 0.1) is 5.92 Å². The Bertz CT molecular complexity index is 115. The zero-order valence-electron chi connectivity index (χ0n) is 3.33. The Hall–Kier alpha value is -0.460. The molecule has 1 aliphatic carbocycles. The van der Waals surface area contributed by atoms with E-state index in [-0.39, 0.29) is 0 Å². The minimum atomic E-state index is 1.02. The zero-order chi connectivity index (χ0) is 3.72. The van der Waals surface area contributed by atoms with Crippen LogP contribution in [0.15, 0.2) is 12.3 Å². The van der Waals surface area contributed by atoms with Crippen molar-refractivity contribution in [2.75, 3.05) is 0 Å². The minimum Gasteiger partial charge on any atom is -0.366 e. The molecule has 0 radical (unpaired) electrons. The lowest BCUT2D eigenvalue weighted by atomic mass is 10.4. The van der Waals surface area contributed by atoms with Crippen LogP contribution in [0.25, 0.3) is 0 Å². The molecule has 4 aliphatic rings. The van der Waals surface area contributed by atoms with Gasteiger partial charge in [0.15, 0.2) is 0 Å². The van der Waals surface area contributed by atoms with E-state index in [2.05, 4.69) is 17.2 Å². The number of hydrogen-bond donors (Lipinski definition) is 0. The third-order valence-corrected chi connectivity index (χ3v) is 2.08. The predicted octanol–water partition coefficient (Wildman–Crippen LogP) is 0.196. The highest BCUT2D eigenvalue weighted by molar-refractivity contribution is 5.41. The lowest BCUT2D eigenvalue weighted by molar-refractivity contribution is 0.537. The summed E-state index contributed by atoms with van der Waals surface area (Å²) in [4.78, 5) is 2.41. The summed E-state index contributed by atoms with van der Waals surface area (Å²) in [6.45, 7) is 0. The lowest BCUT2D eigenvalue weighted by Gasteiger charge is -1.93. The number of rotatable bonds is 0. The van der Waals surface area contributed by atoms with Gasteiger partial charge in [0.25, 0.3) is 0 Å². The van der Waals surface area contributed by atoms with Gasteiger partial charge in [-0.1, -0.05) is 6.08 Å². The predicted molar refractivity (Wildman–Crippen MR) is 22.0 cm³/mol. The van der Waals surface area contributed by atoms with Gasteiger partial charge in [0.1, 0.15) is 0 Å². The van der Waals surface area contributed by atoms with Gasteiger partial charge in [-0.05, 0) is 6.20 Å². The van der Waals surface area contributed by atoms with Crippen molar-refractivity contribution in [3.05, 3.63) is 12.3 Å². The smallest absolute Gasteiger partial charge is 0.0582 e. The maximum Gasteiger partial charge on any atom is 0.0582 e. The topological polar surface area (TPSA) is 3.01 Å². The Morgan fingerprint density at radius 2 is 2.17 bits per heavy atom. The van der Waals surface area contributed by atoms with Crippen LogP contribution in [0.3, 0.4) is 0 Å². The van der Waals surface area contributed by atoms with Gasteiger partial charge in [-0.2, -0.15) is 0 Å². The van der Waals surface area contributed by atoms with Gasteiger partial charge in [-0.25, -0.2) is 0 Å². The van der Waals surface area contributed by atoms with Crippen LogP contribution in [0.1, 0.15) is 0 Å². The van der Waals surface area contributed by atoms with Crippen LogP contribution in [0.5, 0.6) is 0 Å². The van der Waals surface area contributed by atoms with Crippen LogP contribution in [0.2, 0.25) is 0 Å². The maximum absolute atomic E-state index is 2.41. The highest BCUT2D eigenvalue weighted by atomic mass is 15.5. The summed E-state index contributed by atoms with van der Waals surface area (Å²) in [5.41, 5.74) is 0. The second-order valence-electron chi connectivity index (χ2n) is 2.35. The van der Waals surface area contributed by atoms with E-state index < -0.39 is 0 Å². The molecular weight excluding hydrogens is 74.1 g/mol. The van der Waals surface area contributed by atoms with Gasteiger partial charge in [-0.15, -0.1) is 0 Å². The van der Waals surface area contributed by atoms with E-state index in [1.54, 1.807) is 0 Å². The first-order valence-corrected chi connectivity index (χ1v) is 2.44. The van der Waals surface area contributed by atoms with E-state index >= 15 is 0 Å². The summed E-state index contributed by atoms with van der Waals surface area (Å²) in [5, 5.41) is 0. The molecule has 0 aromatic rings. The molecule has 2 unspecified atom stereocenters. The standard InChI is InChI=1S/C5H5N/c1-2-6-4-3(1)5(4)6/h1-5H. The molecule has 2 bridgehead atoms. The fraction of sp³-hybridized carbons (Fsp3) is 0.600. The van der Waals surface area contributed by atoms with Crippen LogP contribution < -0.4 is 0 Å². The van der Waals surface area contributed by atoms with E-state index in [4.69, 9.17) is 0 Å². The Morgan fingerprint density at radius 1 is 1.33 bits per heavy atom. The monoisotopic (exact) mass is 79.0 g/mol. The summed E-state index contributed by atoms with van der Waals surface area (Å²) < 4.78 is 0. The molecule has 6 heavy (non-hydrogen) atoms. The van der Waals surface area contributed by atoms with Crippen molar-refractivity contribution in [3.63, 3.8) is 0 Å². The van der Waals surface area contributed by atoms with Gasteiger partial charge < -0.3 is 4.90 Å². The van der Waals surface area contributed by atoms with Crippen molar-refractivity contribution in [3.8, 4) is 0 Å². The first-order valence-electron chi connectivity index (χ1n) is 2.44. The van der Waals surface area contributed by atoms with Crippen molar-refractivity contribution >= 4 is 0 Å². The number of nitrogens with zero attached hydrogens (tertiary/aromatic N) is 1. The van der Waals surface area contributed by atoms with Crippen molar-refractivity contribution in [1.82, 2.24) is 4.90 Å². The average Bonchev–Trinajstić information content (AvgIpc) is 2.30. The van der Waals surface area contributed by atoms with Crippen molar-refractivity contribution in [1.29, 1.82) is 0 Å². The quantitative estimate of drug-likeness (QED) is 0.375. The highest BCUT2D eigenvalue weighted by Crippen LogP contribution is 2.62. The van der Waals surface area contributed by atoms with Crippen LogP contribution >= 0.6 is 0 Å². The maximum atomic E-state index is 2.41. The molecule has 2 fully saturated rings. The van der Waals surface area contributed by atoms with Gasteiger partial charge in [0.2, 0.25) is 0 Å². The van der Waals surface area contributed by atoms with E-state index in [1.165, 1.54) is 0 Å². The highest BCUT2D eigenvalue weighted by Gasteiger charge is 2.73. The molecule has 0 spiro atoms. The molecule has 1 saturated carbocycles. The van der Waals surface area contributed by atoms with Crippen molar-refractivity contribution in [2.45, 2.75) is 12.1 Å². The molecule has 3 aliphatic heterocycles. The SMILES string of the molecule is C1=CN2C3C1C32. The second-order valence-corrected chi connectivity index (χ2v) is 2.35. The fourth-order valence-electron chi connectivity index (χ4n) is 1.51. The molecule has 30 valence electrons. The molecule has 0 aromatic heterocycles. The first-order chi connectivity index (χ1) is 2.98. The Kier molecular flexibility index (Phi) is 0.104. The molecule has 4 rings (SSSR count). The van der Waals surface area contributed by atoms with Gasteiger partial charge in [0.05, 0.1) is 12.1 Å². The molecule has 0 N–H and O–H groups in total. The summed E-state index contributed by atoms with van der Waals surface area (Å²) >= 11 is 0. The molecule has 1 saturated heterocycles. The Balaban J connectivity index is 2.35. The van der Waals surface area contributed by atoms with E-state index in [1.807, 2.05) is 0 Å². The fourth-order valence-corrected chi connectivity index (χ4v) is 1.51. The Morgan fingerprint density at radius 3 is 2.33 bits per heavy atom. The van der Waals surface area contributed by atoms with Gasteiger partial charge in [-0.3, -0.25) is 0 Å². The summed E-state index contributed by atoms with van der Waals surface area (Å²) in [5.74, 6) is 1.02. The third kappa shape index (κ3) is 0.0541. The first kappa shape index (κ1) is 2.01. The molecule has 0 amide bonds. The van der Waals surface area contributed by atoms with Crippen LogP contribution in [-0.2, 0) is 0 Å². The summed E-state index contributed by atoms with van der Waals surface area (Å²) in [7, 11) is 0. The summed E-state index contributed by atoms with van der Waals surface area (Å²) in [6, 6.07) is 2.04. The lowest BCUT2D eigenvalue weighted by Crippen LogP contribution is -1.98. The van der Waals surface area contributed by atoms with Crippen LogP contribution in [0.4, 0.5) is 0 Å². The molecule has 1 heteroatoms. The molecule has 3 heterocycles. The summed E-state index contributed by atoms with van der Waals surface area (Å²) in [6.07, 6.45) is 4.54. The van der Waals surface area contributed by atoms with Crippen LogP contribution in [-0.4, -0.2) is 17.0 Å². The average molecular weight is 79.1 g/mol. The molecular formula is C5H5N. The van der Waals surface area contributed by atoms with Crippen molar-refractivity contribution in [2.24, 2.45) is 5.92 Å². The zero-order valence-corrected chi connectivity index (χ0v) is 3.33. The van der Waals surface area contributed by atoms with E-state index in [9.17, 15) is 0 Å². The molecule has 1 nitrogen and oxygen atoms in total. The van der Waals surface area contributed by atoms with E-state index in [0.717, 1.165) is 18.0 Å². The Labute approximate surface area is 36.3 Å². The second kappa shape index (κ2) is 0.310. The van der Waals surface area contributed by atoms with Crippen molar-refractivity contribution < 1.29 is 0 Å².